The summed E-state index contributed by atoms with van der Waals surface area (Å²) in [5.41, 5.74) is 1.08. The lowest BCUT2D eigenvalue weighted by Gasteiger charge is -2.28. The van der Waals surface area contributed by atoms with E-state index in [2.05, 4.69) is 11.4 Å². The van der Waals surface area contributed by atoms with Gasteiger partial charge in [0.2, 0.25) is 5.91 Å². The number of fused-ring (bicyclic) bond motifs is 1. The Morgan fingerprint density at radius 1 is 1.16 bits per heavy atom. The highest BCUT2D eigenvalue weighted by molar-refractivity contribution is 8.00. The molecule has 0 aliphatic heterocycles. The number of nitriles is 1. The van der Waals surface area contributed by atoms with E-state index >= 15 is 0 Å². The molecular formula is C24H26N4O2S. The van der Waals surface area contributed by atoms with Gasteiger partial charge in [-0.3, -0.25) is 14.2 Å². The first-order chi connectivity index (χ1) is 14.7. The highest BCUT2D eigenvalue weighted by atomic mass is 32.2. The van der Waals surface area contributed by atoms with Gasteiger partial charge in [-0.1, -0.05) is 55.9 Å². The summed E-state index contributed by atoms with van der Waals surface area (Å²) in [6.45, 7) is 9.18. The quantitative estimate of drug-likeness (QED) is 0.463. The molecule has 2 atom stereocenters. The van der Waals surface area contributed by atoms with Crippen LogP contribution in [0, 0.1) is 24.2 Å². The number of amides is 1. The molecular weight excluding hydrogens is 408 g/mol. The van der Waals surface area contributed by atoms with Crippen LogP contribution >= 0.6 is 11.8 Å². The molecule has 1 amide bonds. The van der Waals surface area contributed by atoms with Crippen LogP contribution in [0.1, 0.15) is 33.3 Å². The highest BCUT2D eigenvalue weighted by Gasteiger charge is 2.32. The van der Waals surface area contributed by atoms with Crippen molar-refractivity contribution in [3.8, 4) is 11.8 Å². The zero-order valence-corrected chi connectivity index (χ0v) is 19.2. The number of hydrogen-bond donors (Lipinski definition) is 1. The van der Waals surface area contributed by atoms with E-state index in [1.807, 2.05) is 57.2 Å². The van der Waals surface area contributed by atoms with Gasteiger partial charge < -0.3 is 5.32 Å². The molecule has 160 valence electrons. The van der Waals surface area contributed by atoms with Crippen LogP contribution in [0.4, 0.5) is 0 Å². The molecule has 2 aromatic carbocycles. The lowest BCUT2D eigenvalue weighted by Crippen LogP contribution is -2.51. The molecule has 0 aliphatic carbocycles. The van der Waals surface area contributed by atoms with Gasteiger partial charge in [0.15, 0.2) is 5.16 Å². The van der Waals surface area contributed by atoms with E-state index < -0.39 is 10.8 Å². The van der Waals surface area contributed by atoms with Gasteiger partial charge in [-0.15, -0.1) is 0 Å². The Kier molecular flexibility index (Phi) is 6.51. The molecule has 1 aromatic heterocycles. The molecule has 2 unspecified atom stereocenters. The van der Waals surface area contributed by atoms with Gasteiger partial charge in [0, 0.05) is 0 Å². The molecule has 3 aromatic rings. The zero-order chi connectivity index (χ0) is 22.8. The number of benzene rings is 2. The third-order valence-electron chi connectivity index (χ3n) is 5.52. The van der Waals surface area contributed by atoms with Crippen molar-refractivity contribution in [1.82, 2.24) is 14.9 Å². The van der Waals surface area contributed by atoms with Gasteiger partial charge in [-0.2, -0.15) is 5.26 Å². The number of nitrogens with zero attached hydrogens (tertiary/aromatic N) is 3. The second-order valence-electron chi connectivity index (χ2n) is 8.06. The molecule has 7 heteroatoms. The van der Waals surface area contributed by atoms with Gasteiger partial charge in [-0.25, -0.2) is 4.98 Å². The van der Waals surface area contributed by atoms with E-state index in [0.717, 1.165) is 11.3 Å². The van der Waals surface area contributed by atoms with Crippen LogP contribution in [0.25, 0.3) is 16.6 Å². The number of aryl methyl sites for hydroxylation is 1. The first kappa shape index (κ1) is 22.6. The number of para-hydroxylation sites is 2. The first-order valence-electron chi connectivity index (χ1n) is 10.2. The number of nitrogens with one attached hydrogen (secondary N) is 1. The maximum Gasteiger partial charge on any atom is 0.266 e. The molecule has 0 bridgehead atoms. The Bertz CT molecular complexity index is 1230. The van der Waals surface area contributed by atoms with Crippen molar-refractivity contribution >= 4 is 28.6 Å². The van der Waals surface area contributed by atoms with Gasteiger partial charge in [0.1, 0.15) is 5.54 Å². The fourth-order valence-electron chi connectivity index (χ4n) is 3.09. The van der Waals surface area contributed by atoms with Crippen molar-refractivity contribution in [3.63, 3.8) is 0 Å². The smallest absolute Gasteiger partial charge is 0.266 e. The van der Waals surface area contributed by atoms with Crippen molar-refractivity contribution in [2.45, 2.75) is 50.6 Å². The molecule has 31 heavy (non-hydrogen) atoms. The summed E-state index contributed by atoms with van der Waals surface area (Å²) >= 11 is 1.20. The Morgan fingerprint density at radius 3 is 2.45 bits per heavy atom. The van der Waals surface area contributed by atoms with Crippen LogP contribution in [0.5, 0.6) is 0 Å². The SMILES string of the molecule is Cc1ccccc1-n1c(SC(C)C(=O)NC(C)(C#N)C(C)C)nc2ccccc2c1=O. The predicted octanol–water partition coefficient (Wildman–Crippen LogP) is 4.23. The normalized spacial score (nSPS) is 14.1. The van der Waals surface area contributed by atoms with Crippen LogP contribution in [0.3, 0.4) is 0 Å². The molecule has 1 N–H and O–H groups in total. The minimum absolute atomic E-state index is 0.0532. The van der Waals surface area contributed by atoms with Gasteiger partial charge in [0.05, 0.1) is 27.9 Å². The number of aromatic nitrogens is 2. The second kappa shape index (κ2) is 8.94. The summed E-state index contributed by atoms with van der Waals surface area (Å²) in [5, 5.41) is 12.8. The van der Waals surface area contributed by atoms with E-state index in [9.17, 15) is 14.9 Å². The third-order valence-corrected chi connectivity index (χ3v) is 6.57. The number of thioether (sulfide) groups is 1. The monoisotopic (exact) mass is 434 g/mol. The van der Waals surface area contributed by atoms with Gasteiger partial charge >= 0.3 is 0 Å². The summed E-state index contributed by atoms with van der Waals surface area (Å²) in [6, 6.07) is 17.0. The van der Waals surface area contributed by atoms with Crippen molar-refractivity contribution in [2.24, 2.45) is 5.92 Å². The lowest BCUT2D eigenvalue weighted by atomic mass is 9.90. The first-order valence-corrected chi connectivity index (χ1v) is 11.0. The Hall–Kier alpha value is -3.11. The van der Waals surface area contributed by atoms with Crippen LogP contribution in [0.15, 0.2) is 58.5 Å². The van der Waals surface area contributed by atoms with E-state index in [1.165, 1.54) is 11.8 Å². The molecule has 0 saturated carbocycles. The van der Waals surface area contributed by atoms with Crippen LogP contribution in [0.2, 0.25) is 0 Å². The van der Waals surface area contributed by atoms with Crippen molar-refractivity contribution in [3.05, 3.63) is 64.4 Å². The van der Waals surface area contributed by atoms with Crippen LogP contribution < -0.4 is 10.9 Å². The number of carbonyl (C=O) groups excluding carboxylic acids is 1. The number of rotatable bonds is 6. The van der Waals surface area contributed by atoms with E-state index in [0.29, 0.717) is 16.1 Å². The third kappa shape index (κ3) is 4.49. The molecule has 1 heterocycles. The Morgan fingerprint density at radius 2 is 1.81 bits per heavy atom. The lowest BCUT2D eigenvalue weighted by molar-refractivity contribution is -0.121. The molecule has 0 spiro atoms. The predicted molar refractivity (Wildman–Crippen MR) is 124 cm³/mol. The molecule has 0 saturated heterocycles. The minimum atomic E-state index is -0.974. The van der Waals surface area contributed by atoms with Crippen molar-refractivity contribution in [2.75, 3.05) is 0 Å². The molecule has 0 fully saturated rings. The summed E-state index contributed by atoms with van der Waals surface area (Å²) in [7, 11) is 0. The molecule has 0 aliphatic rings. The average Bonchev–Trinajstić information content (AvgIpc) is 2.74. The number of hydrogen-bond acceptors (Lipinski definition) is 5. The van der Waals surface area contributed by atoms with E-state index in [-0.39, 0.29) is 17.4 Å². The van der Waals surface area contributed by atoms with Gasteiger partial charge in [0.25, 0.3) is 5.56 Å². The highest BCUT2D eigenvalue weighted by Crippen LogP contribution is 2.27. The minimum Gasteiger partial charge on any atom is -0.337 e. The maximum absolute atomic E-state index is 13.4. The summed E-state index contributed by atoms with van der Waals surface area (Å²) in [4.78, 5) is 31.0. The molecule has 0 radical (unpaired) electrons. The van der Waals surface area contributed by atoms with Crippen LogP contribution in [-0.4, -0.2) is 26.2 Å². The van der Waals surface area contributed by atoms with Crippen molar-refractivity contribution < 1.29 is 4.79 Å². The largest absolute Gasteiger partial charge is 0.337 e. The standard InChI is InChI=1S/C24H26N4O2S/c1-15(2)24(5,14-25)27-21(29)17(4)31-23-26-19-12-8-7-11-18(19)22(30)28(23)20-13-9-6-10-16(20)3/h6-13,15,17H,1-5H3,(H,27,29). The van der Waals surface area contributed by atoms with Crippen LogP contribution in [-0.2, 0) is 4.79 Å². The van der Waals surface area contributed by atoms with E-state index in [1.54, 1.807) is 30.5 Å². The maximum atomic E-state index is 13.4. The topological polar surface area (TPSA) is 87.8 Å². The fourth-order valence-corrected chi connectivity index (χ4v) is 4.01. The summed E-state index contributed by atoms with van der Waals surface area (Å²) < 4.78 is 1.57. The Labute approximate surface area is 186 Å². The number of carbonyl (C=O) groups is 1. The van der Waals surface area contributed by atoms with E-state index in [4.69, 9.17) is 4.98 Å². The Balaban J connectivity index is 2.07. The zero-order valence-electron chi connectivity index (χ0n) is 18.3. The van der Waals surface area contributed by atoms with Gasteiger partial charge in [-0.05, 0) is 50.5 Å². The average molecular weight is 435 g/mol. The molecule has 6 nitrogen and oxygen atoms in total. The summed E-state index contributed by atoms with van der Waals surface area (Å²) in [5.74, 6) is -0.330. The summed E-state index contributed by atoms with van der Waals surface area (Å²) in [6.07, 6.45) is 0. The molecule has 3 rings (SSSR count). The fraction of sp³-hybridized carbons (Fsp3) is 0.333. The van der Waals surface area contributed by atoms with Crippen molar-refractivity contribution in [1.29, 1.82) is 5.26 Å². The second-order valence-corrected chi connectivity index (χ2v) is 9.36.